The van der Waals surface area contributed by atoms with Crippen molar-refractivity contribution >= 4 is 22.6 Å². The molecule has 0 fully saturated rings. The van der Waals surface area contributed by atoms with Crippen LogP contribution in [0.3, 0.4) is 0 Å². The molecule has 0 aliphatic carbocycles. The predicted octanol–water partition coefficient (Wildman–Crippen LogP) is 5.04. The molecule has 0 spiro atoms. The van der Waals surface area contributed by atoms with Gasteiger partial charge in [0.2, 0.25) is 7.08 Å². The molecule has 0 saturated heterocycles. The van der Waals surface area contributed by atoms with E-state index in [2.05, 4.69) is 15.5 Å². The summed E-state index contributed by atoms with van der Waals surface area (Å²) in [6, 6.07) is 20.1. The minimum absolute atomic E-state index is 0.562. The van der Waals surface area contributed by atoms with E-state index in [9.17, 15) is 0 Å². The summed E-state index contributed by atoms with van der Waals surface area (Å²) in [7, 11) is -1.02. The lowest BCUT2D eigenvalue weighted by molar-refractivity contribution is 0.249. The molecule has 0 bridgehead atoms. The molecular formula is C14H14BrO2P. The Labute approximate surface area is 117 Å². The van der Waals surface area contributed by atoms with Crippen molar-refractivity contribution in [1.82, 2.24) is 0 Å². The molecule has 0 radical (unpaired) electrons. The van der Waals surface area contributed by atoms with Gasteiger partial charge in [-0.15, -0.1) is 0 Å². The molecule has 0 heterocycles. The predicted molar refractivity (Wildman–Crippen MR) is 78.3 cm³/mol. The molecule has 0 atom stereocenters. The summed E-state index contributed by atoms with van der Waals surface area (Å²) >= 11 is 3.41. The summed E-state index contributed by atoms with van der Waals surface area (Å²) < 4.78 is 11.2. The molecule has 2 nitrogen and oxygen atoms in total. The van der Waals surface area contributed by atoms with Gasteiger partial charge in [0, 0.05) is 15.5 Å². The Morgan fingerprint density at radius 3 is 1.50 bits per heavy atom. The highest BCUT2D eigenvalue weighted by molar-refractivity contribution is 9.38. The van der Waals surface area contributed by atoms with Crippen LogP contribution >= 0.6 is 22.6 Å². The zero-order valence-electron chi connectivity index (χ0n) is 9.83. The molecule has 0 amide bonds. The maximum Gasteiger partial charge on any atom is 0.247 e. The van der Waals surface area contributed by atoms with Gasteiger partial charge >= 0.3 is 0 Å². The molecule has 0 N–H and O–H groups in total. The van der Waals surface area contributed by atoms with Crippen molar-refractivity contribution in [2.75, 3.05) is 0 Å². The Bertz CT molecular complexity index is 406. The molecule has 2 aromatic rings. The van der Waals surface area contributed by atoms with Crippen molar-refractivity contribution in [3.63, 3.8) is 0 Å². The molecule has 0 unspecified atom stereocenters. The highest BCUT2D eigenvalue weighted by Gasteiger charge is 2.06. The third-order valence-electron chi connectivity index (χ3n) is 2.35. The number of hydrogen-bond donors (Lipinski definition) is 0. The second-order valence-electron chi connectivity index (χ2n) is 3.73. The van der Waals surface area contributed by atoms with Gasteiger partial charge in [-0.25, -0.2) is 0 Å². The highest BCUT2D eigenvalue weighted by atomic mass is 79.9. The standard InChI is InChI=1S/C14H14BrO2P/c15-18(16-11-13-7-3-1-4-8-13)17-12-14-9-5-2-6-10-14/h1-10H,11-12H2. The van der Waals surface area contributed by atoms with E-state index in [-0.39, 0.29) is 0 Å². The SMILES string of the molecule is BrP(OCc1ccccc1)OCc1ccccc1. The van der Waals surface area contributed by atoms with Crippen LogP contribution in [-0.2, 0) is 22.3 Å². The van der Waals surface area contributed by atoms with E-state index in [0.29, 0.717) is 13.2 Å². The zero-order valence-corrected chi connectivity index (χ0v) is 12.3. The Kier molecular flexibility index (Phi) is 5.82. The van der Waals surface area contributed by atoms with Crippen LogP contribution in [0.2, 0.25) is 0 Å². The van der Waals surface area contributed by atoms with Crippen LogP contribution in [0.25, 0.3) is 0 Å². The molecule has 0 aromatic heterocycles. The van der Waals surface area contributed by atoms with Crippen molar-refractivity contribution in [2.24, 2.45) is 0 Å². The van der Waals surface area contributed by atoms with E-state index in [1.54, 1.807) is 0 Å². The summed E-state index contributed by atoms with van der Waals surface area (Å²) in [6.45, 7) is 1.12. The second-order valence-corrected chi connectivity index (χ2v) is 6.41. The first-order valence-electron chi connectivity index (χ1n) is 5.64. The normalized spacial score (nSPS) is 10.8. The monoisotopic (exact) mass is 324 g/mol. The largest absolute Gasteiger partial charge is 0.321 e. The lowest BCUT2D eigenvalue weighted by atomic mass is 10.2. The summed E-state index contributed by atoms with van der Waals surface area (Å²) in [5.41, 5.74) is 2.29. The van der Waals surface area contributed by atoms with Crippen molar-refractivity contribution < 1.29 is 9.05 Å². The van der Waals surface area contributed by atoms with Crippen LogP contribution in [0.4, 0.5) is 0 Å². The van der Waals surface area contributed by atoms with Gasteiger partial charge < -0.3 is 9.05 Å². The second kappa shape index (κ2) is 7.65. The number of rotatable bonds is 6. The van der Waals surface area contributed by atoms with Gasteiger partial charge in [0.1, 0.15) is 0 Å². The molecule has 2 aromatic carbocycles. The van der Waals surface area contributed by atoms with Gasteiger partial charge in [-0.1, -0.05) is 60.7 Å². The fourth-order valence-electron chi connectivity index (χ4n) is 1.44. The first-order valence-corrected chi connectivity index (χ1v) is 8.84. The zero-order chi connectivity index (χ0) is 12.6. The van der Waals surface area contributed by atoms with Crippen LogP contribution in [0, 0.1) is 0 Å². The maximum absolute atomic E-state index is 5.61. The summed E-state index contributed by atoms with van der Waals surface area (Å²) in [5, 5.41) is 0. The molecule has 0 aliphatic rings. The van der Waals surface area contributed by atoms with Crippen molar-refractivity contribution in [1.29, 1.82) is 0 Å². The van der Waals surface area contributed by atoms with E-state index in [1.165, 1.54) is 0 Å². The van der Waals surface area contributed by atoms with E-state index >= 15 is 0 Å². The lowest BCUT2D eigenvalue weighted by Crippen LogP contribution is -1.90. The van der Waals surface area contributed by atoms with E-state index in [4.69, 9.17) is 9.05 Å². The number of halogens is 1. The van der Waals surface area contributed by atoms with Crippen LogP contribution in [0.5, 0.6) is 0 Å². The van der Waals surface area contributed by atoms with Gasteiger partial charge in [0.15, 0.2) is 0 Å². The van der Waals surface area contributed by atoms with E-state index in [0.717, 1.165) is 11.1 Å². The Balaban J connectivity index is 1.71. The average Bonchev–Trinajstić information content (AvgIpc) is 2.45. The molecule has 4 heteroatoms. The van der Waals surface area contributed by atoms with Crippen molar-refractivity contribution in [3.05, 3.63) is 71.8 Å². The van der Waals surface area contributed by atoms with Gasteiger partial charge in [-0.2, -0.15) is 0 Å². The average molecular weight is 325 g/mol. The maximum atomic E-state index is 5.61. The molecule has 2 rings (SSSR count). The van der Waals surface area contributed by atoms with Crippen molar-refractivity contribution in [3.8, 4) is 0 Å². The van der Waals surface area contributed by atoms with Crippen LogP contribution in [-0.4, -0.2) is 0 Å². The third kappa shape index (κ3) is 4.87. The van der Waals surface area contributed by atoms with Gasteiger partial charge in [-0.3, -0.25) is 0 Å². The van der Waals surface area contributed by atoms with E-state index in [1.807, 2.05) is 60.7 Å². The van der Waals surface area contributed by atoms with E-state index < -0.39 is 7.08 Å². The van der Waals surface area contributed by atoms with Gasteiger partial charge in [-0.05, 0) is 11.1 Å². The molecule has 94 valence electrons. The minimum Gasteiger partial charge on any atom is -0.321 e. The fraction of sp³-hybridized carbons (Fsp3) is 0.143. The van der Waals surface area contributed by atoms with Crippen LogP contribution in [0.15, 0.2) is 60.7 Å². The lowest BCUT2D eigenvalue weighted by Gasteiger charge is -2.11. The quantitative estimate of drug-likeness (QED) is 0.693. The molecule has 0 aliphatic heterocycles. The number of hydrogen-bond acceptors (Lipinski definition) is 2. The molecule has 18 heavy (non-hydrogen) atoms. The summed E-state index contributed by atoms with van der Waals surface area (Å²) in [5.74, 6) is 0. The Morgan fingerprint density at radius 2 is 1.11 bits per heavy atom. The minimum atomic E-state index is -1.02. The highest BCUT2D eigenvalue weighted by Crippen LogP contribution is 2.47. The third-order valence-corrected chi connectivity index (χ3v) is 4.24. The smallest absolute Gasteiger partial charge is 0.247 e. The first-order chi connectivity index (χ1) is 8.84. The van der Waals surface area contributed by atoms with Crippen LogP contribution < -0.4 is 0 Å². The number of benzene rings is 2. The topological polar surface area (TPSA) is 18.5 Å². The van der Waals surface area contributed by atoms with Crippen molar-refractivity contribution in [2.45, 2.75) is 13.2 Å². The molecular weight excluding hydrogens is 311 g/mol. The van der Waals surface area contributed by atoms with Gasteiger partial charge in [0.25, 0.3) is 0 Å². The van der Waals surface area contributed by atoms with Crippen LogP contribution in [0.1, 0.15) is 11.1 Å². The first kappa shape index (κ1) is 13.7. The van der Waals surface area contributed by atoms with Gasteiger partial charge in [0.05, 0.1) is 13.2 Å². The Hall–Kier alpha value is -0.730. The molecule has 0 saturated carbocycles. The summed E-state index contributed by atoms with van der Waals surface area (Å²) in [4.78, 5) is 0. The summed E-state index contributed by atoms with van der Waals surface area (Å²) in [6.07, 6.45) is 0. The Morgan fingerprint density at radius 1 is 0.722 bits per heavy atom. The fourth-order valence-corrected chi connectivity index (χ4v) is 2.63.